The Balaban J connectivity index is 1.20. The molecule has 0 saturated heterocycles. The number of aromatic amines is 1. The summed E-state index contributed by atoms with van der Waals surface area (Å²) in [6, 6.07) is 16.6. The molecule has 2 amide bonds. The van der Waals surface area contributed by atoms with Gasteiger partial charge in [0, 0.05) is 47.2 Å². The number of H-pyrrole nitrogens is 1. The van der Waals surface area contributed by atoms with Crippen LogP contribution >= 0.6 is 19.4 Å². The Hall–Kier alpha value is -5.58. The molecule has 0 saturated carbocycles. The molecule has 1 unspecified atom stereocenters. The van der Waals surface area contributed by atoms with Gasteiger partial charge in [-0.3, -0.25) is 33.8 Å². The van der Waals surface area contributed by atoms with Gasteiger partial charge in [0.15, 0.2) is 11.5 Å². The van der Waals surface area contributed by atoms with Crippen molar-refractivity contribution in [3.63, 3.8) is 0 Å². The number of ether oxygens (including phenoxy) is 5. The SMILES string of the molecule is COc1cc2cc(C(=O)N3CC(CCl)c4c3cc(NC(=O)OCc3ccc([N+](=O)[O-])cc3OCCCOP(=O)(OC(C)(C)C)OC(C)(C)C)c3ccccc43)[nH]c2c(OC)c1OC. The molecule has 2 heterocycles. The fourth-order valence-corrected chi connectivity index (χ4v) is 9.32. The Kier molecular flexibility index (Phi) is 14.2. The number of hydrogen-bond donors (Lipinski definition) is 2. The van der Waals surface area contributed by atoms with Crippen molar-refractivity contribution in [2.24, 2.45) is 0 Å². The largest absolute Gasteiger partial charge is 0.493 e. The van der Waals surface area contributed by atoms with E-state index in [9.17, 15) is 24.3 Å². The average Bonchev–Trinajstić information content (AvgIpc) is 3.82. The summed E-state index contributed by atoms with van der Waals surface area (Å²) < 4.78 is 58.6. The molecule has 63 heavy (non-hydrogen) atoms. The first kappa shape index (κ1) is 46.9. The Morgan fingerprint density at radius 3 is 2.21 bits per heavy atom. The highest BCUT2D eigenvalue weighted by molar-refractivity contribution is 7.48. The fourth-order valence-electron chi connectivity index (χ4n) is 7.23. The van der Waals surface area contributed by atoms with Crippen LogP contribution in [0.5, 0.6) is 23.0 Å². The maximum Gasteiger partial charge on any atom is 0.475 e. The third-order valence-corrected chi connectivity index (χ3v) is 12.1. The predicted octanol–water partition coefficient (Wildman–Crippen LogP) is 10.5. The second kappa shape index (κ2) is 19.0. The molecule has 6 rings (SSSR count). The third-order valence-electron chi connectivity index (χ3n) is 9.67. The summed E-state index contributed by atoms with van der Waals surface area (Å²) in [6.07, 6.45) is -0.622. The van der Waals surface area contributed by atoms with Gasteiger partial charge < -0.3 is 33.6 Å². The first-order valence-electron chi connectivity index (χ1n) is 20.0. The molecule has 2 N–H and O–H groups in total. The van der Waals surface area contributed by atoms with Crippen molar-refractivity contribution < 1.29 is 56.3 Å². The molecule has 0 fully saturated rings. The number of phosphoric acid groups is 1. The number of benzene rings is 4. The number of anilines is 2. The molecule has 5 aromatic rings. The number of amides is 2. The maximum absolute atomic E-state index is 14.4. The molecule has 17 nitrogen and oxygen atoms in total. The molecule has 0 bridgehead atoms. The minimum absolute atomic E-state index is 0.000524. The number of rotatable bonds is 17. The van der Waals surface area contributed by atoms with E-state index in [1.54, 1.807) is 64.6 Å². The summed E-state index contributed by atoms with van der Waals surface area (Å²) in [4.78, 5) is 43.8. The molecule has 338 valence electrons. The second-order valence-electron chi connectivity index (χ2n) is 16.6. The van der Waals surface area contributed by atoms with E-state index < -0.39 is 30.0 Å². The number of phosphoric ester groups is 1. The van der Waals surface area contributed by atoms with Gasteiger partial charge >= 0.3 is 13.9 Å². The number of carbonyl (C=O) groups excluding carboxylic acids is 2. The number of non-ortho nitro benzene ring substituents is 1. The molecule has 4 aromatic carbocycles. The van der Waals surface area contributed by atoms with Gasteiger partial charge in [-0.05, 0) is 76.8 Å². The minimum Gasteiger partial charge on any atom is -0.493 e. The van der Waals surface area contributed by atoms with Crippen LogP contribution in [0.3, 0.4) is 0 Å². The lowest BCUT2D eigenvalue weighted by molar-refractivity contribution is -0.385. The van der Waals surface area contributed by atoms with Crippen molar-refractivity contribution in [1.82, 2.24) is 4.98 Å². The molecular formula is C44H52ClN4O13P. The topological polar surface area (TPSA) is 199 Å². The van der Waals surface area contributed by atoms with Crippen LogP contribution in [0, 0.1) is 10.1 Å². The number of nitrogens with one attached hydrogen (secondary N) is 2. The smallest absolute Gasteiger partial charge is 0.475 e. The van der Waals surface area contributed by atoms with E-state index in [1.807, 2.05) is 24.3 Å². The maximum atomic E-state index is 14.4. The highest BCUT2D eigenvalue weighted by Crippen LogP contribution is 2.55. The van der Waals surface area contributed by atoms with Crippen LogP contribution < -0.4 is 29.2 Å². The van der Waals surface area contributed by atoms with E-state index in [0.717, 1.165) is 10.9 Å². The van der Waals surface area contributed by atoms with Gasteiger partial charge in [-0.1, -0.05) is 24.3 Å². The number of nitro benzene ring substituents is 1. The van der Waals surface area contributed by atoms with Crippen molar-refractivity contribution >= 4 is 70.2 Å². The van der Waals surface area contributed by atoms with Gasteiger partial charge in [0.1, 0.15) is 18.1 Å². The number of hydrogen-bond acceptors (Lipinski definition) is 13. The fraction of sp³-hybridized carbons (Fsp3) is 0.409. The Labute approximate surface area is 369 Å². The van der Waals surface area contributed by atoms with Crippen molar-refractivity contribution in [3.8, 4) is 23.0 Å². The lowest BCUT2D eigenvalue weighted by Gasteiger charge is -2.30. The van der Waals surface area contributed by atoms with Crippen molar-refractivity contribution in [2.45, 2.75) is 71.7 Å². The summed E-state index contributed by atoms with van der Waals surface area (Å²) in [5.74, 6) is 0.958. The van der Waals surface area contributed by atoms with E-state index in [-0.39, 0.29) is 67.6 Å². The Bertz CT molecular complexity index is 2550. The molecule has 0 aliphatic carbocycles. The average molecular weight is 911 g/mol. The predicted molar refractivity (Wildman–Crippen MR) is 239 cm³/mol. The molecule has 19 heteroatoms. The van der Waals surface area contributed by atoms with Crippen LogP contribution in [-0.2, 0) is 29.5 Å². The number of carbonyl (C=O) groups is 2. The van der Waals surface area contributed by atoms with E-state index in [4.69, 9.17) is 48.9 Å². The number of alkyl halides is 1. The van der Waals surface area contributed by atoms with Crippen molar-refractivity contribution in [1.29, 1.82) is 0 Å². The number of methoxy groups -OCH3 is 3. The molecule has 0 radical (unpaired) electrons. The molecule has 0 spiro atoms. The first-order chi connectivity index (χ1) is 29.8. The minimum atomic E-state index is -3.97. The summed E-state index contributed by atoms with van der Waals surface area (Å²) in [5.41, 5.74) is 1.09. The standard InChI is InChI=1S/C44H52ClN4O13P/c1-43(2,3)61-63(54,62-44(4,5)6)60-18-12-17-58-35-21-29(49(52)53)16-15-26(35)25-59-42(51)47-32-22-34-37(31-14-11-10-13-30(31)32)28(23-45)24-48(34)41(50)33-19-27-20-36(55-7)39(56-8)40(57-9)38(27)46-33/h10-11,13-16,19-22,28,46H,12,17-18,23-25H2,1-9H3,(H,47,51). The highest BCUT2D eigenvalue weighted by Gasteiger charge is 2.38. The van der Waals surface area contributed by atoms with E-state index in [0.29, 0.717) is 50.5 Å². The highest BCUT2D eigenvalue weighted by atomic mass is 35.5. The van der Waals surface area contributed by atoms with Crippen LogP contribution in [0.1, 0.15) is 75.5 Å². The quantitative estimate of drug-likeness (QED) is 0.0294. The second-order valence-corrected chi connectivity index (χ2v) is 18.4. The lowest BCUT2D eigenvalue weighted by Crippen LogP contribution is -2.30. The third kappa shape index (κ3) is 10.8. The number of aromatic nitrogens is 1. The summed E-state index contributed by atoms with van der Waals surface area (Å²) in [6.45, 7) is 10.3. The van der Waals surface area contributed by atoms with Gasteiger partial charge in [0.25, 0.3) is 11.6 Å². The molecule has 1 aromatic heterocycles. The van der Waals surface area contributed by atoms with Gasteiger partial charge in [-0.15, -0.1) is 11.6 Å². The zero-order chi connectivity index (χ0) is 45.9. The normalized spacial score (nSPS) is 14.1. The molecule has 1 atom stereocenters. The van der Waals surface area contributed by atoms with E-state index in [2.05, 4.69) is 10.3 Å². The molecular weight excluding hydrogens is 859 g/mol. The van der Waals surface area contributed by atoms with Crippen LogP contribution in [0.25, 0.3) is 21.7 Å². The number of halogens is 1. The number of nitro groups is 1. The number of nitrogens with zero attached hydrogens (tertiary/aromatic N) is 2. The molecule has 1 aliphatic rings. The van der Waals surface area contributed by atoms with Crippen LogP contribution in [-0.4, -0.2) is 80.1 Å². The van der Waals surface area contributed by atoms with Crippen molar-refractivity contribution in [3.05, 3.63) is 87.6 Å². The van der Waals surface area contributed by atoms with Gasteiger partial charge in [0.05, 0.1) is 73.6 Å². The molecule has 1 aliphatic heterocycles. The Morgan fingerprint density at radius 2 is 1.59 bits per heavy atom. The van der Waals surface area contributed by atoms with Gasteiger partial charge in [0.2, 0.25) is 5.75 Å². The van der Waals surface area contributed by atoms with Crippen LogP contribution in [0.2, 0.25) is 0 Å². The van der Waals surface area contributed by atoms with Crippen LogP contribution in [0.15, 0.2) is 60.7 Å². The number of fused-ring (bicyclic) bond motifs is 4. The first-order valence-corrected chi connectivity index (χ1v) is 22.0. The van der Waals surface area contributed by atoms with Crippen molar-refractivity contribution in [2.75, 3.05) is 57.2 Å². The van der Waals surface area contributed by atoms with E-state index in [1.165, 1.54) is 39.5 Å². The van der Waals surface area contributed by atoms with Gasteiger partial charge in [-0.2, -0.15) is 0 Å². The summed E-state index contributed by atoms with van der Waals surface area (Å²) >= 11 is 6.54. The zero-order valence-electron chi connectivity index (χ0n) is 36.6. The monoisotopic (exact) mass is 910 g/mol. The van der Waals surface area contributed by atoms with Gasteiger partial charge in [-0.25, -0.2) is 9.36 Å². The Morgan fingerprint density at radius 1 is 0.905 bits per heavy atom. The summed E-state index contributed by atoms with van der Waals surface area (Å²) in [7, 11) is 0.546. The summed E-state index contributed by atoms with van der Waals surface area (Å²) in [5, 5.41) is 16.7. The zero-order valence-corrected chi connectivity index (χ0v) is 38.3. The lowest BCUT2D eigenvalue weighted by atomic mass is 9.95. The van der Waals surface area contributed by atoms with Crippen LogP contribution in [0.4, 0.5) is 21.9 Å². The van der Waals surface area contributed by atoms with E-state index >= 15 is 0 Å².